The topological polar surface area (TPSA) is 39.9 Å². The quantitative estimate of drug-likeness (QED) is 0.798. The number of hydrogen-bond donors (Lipinski definition) is 0. The number of halogens is 1. The molecule has 0 spiro atoms. The number of benzene rings is 1. The second-order valence-electron chi connectivity index (χ2n) is 4.30. The SMILES string of the molecule is ClCc1ncnn1CC1OCCc2ccccc21. The molecule has 2 aromatic rings. The Labute approximate surface area is 111 Å². The van der Waals surface area contributed by atoms with Crippen molar-refractivity contribution in [2.75, 3.05) is 6.61 Å². The van der Waals surface area contributed by atoms with E-state index < -0.39 is 0 Å². The summed E-state index contributed by atoms with van der Waals surface area (Å²) in [6, 6.07) is 8.40. The highest BCUT2D eigenvalue weighted by Gasteiger charge is 2.21. The lowest BCUT2D eigenvalue weighted by molar-refractivity contribution is 0.0277. The first-order chi connectivity index (χ1) is 8.88. The molecule has 18 heavy (non-hydrogen) atoms. The minimum atomic E-state index is 0.0404. The highest BCUT2D eigenvalue weighted by Crippen LogP contribution is 2.28. The Morgan fingerprint density at radius 3 is 3.17 bits per heavy atom. The Hall–Kier alpha value is -1.39. The first kappa shape index (κ1) is 11.7. The van der Waals surface area contributed by atoms with E-state index in [9.17, 15) is 0 Å². The van der Waals surface area contributed by atoms with Crippen molar-refractivity contribution >= 4 is 11.6 Å². The van der Waals surface area contributed by atoms with Crippen molar-refractivity contribution in [1.82, 2.24) is 14.8 Å². The van der Waals surface area contributed by atoms with Crippen LogP contribution < -0.4 is 0 Å². The molecule has 0 N–H and O–H groups in total. The van der Waals surface area contributed by atoms with Gasteiger partial charge >= 0.3 is 0 Å². The average molecular weight is 264 g/mol. The Morgan fingerprint density at radius 1 is 1.39 bits per heavy atom. The van der Waals surface area contributed by atoms with Gasteiger partial charge in [0.15, 0.2) is 0 Å². The molecule has 0 aliphatic carbocycles. The van der Waals surface area contributed by atoms with Crippen molar-refractivity contribution in [3.05, 3.63) is 47.5 Å². The van der Waals surface area contributed by atoms with Gasteiger partial charge in [0.05, 0.1) is 19.0 Å². The molecule has 1 aromatic carbocycles. The highest BCUT2D eigenvalue weighted by atomic mass is 35.5. The molecule has 1 atom stereocenters. The van der Waals surface area contributed by atoms with Crippen molar-refractivity contribution < 1.29 is 4.74 Å². The number of alkyl halides is 1. The van der Waals surface area contributed by atoms with Gasteiger partial charge in [0.1, 0.15) is 18.3 Å². The standard InChI is InChI=1S/C13H14ClN3O/c14-7-13-15-9-16-17(13)8-12-11-4-2-1-3-10(11)5-6-18-12/h1-4,9,12H,5-8H2. The summed E-state index contributed by atoms with van der Waals surface area (Å²) in [4.78, 5) is 4.12. The number of fused-ring (bicyclic) bond motifs is 1. The Balaban J connectivity index is 1.86. The van der Waals surface area contributed by atoms with Crippen LogP contribution in [0.3, 0.4) is 0 Å². The van der Waals surface area contributed by atoms with Gasteiger partial charge in [-0.1, -0.05) is 24.3 Å². The molecule has 0 saturated carbocycles. The normalized spacial score (nSPS) is 18.6. The Kier molecular flexibility index (Phi) is 3.30. The lowest BCUT2D eigenvalue weighted by atomic mass is 9.98. The third kappa shape index (κ3) is 2.13. The number of nitrogens with zero attached hydrogens (tertiary/aromatic N) is 3. The van der Waals surface area contributed by atoms with Crippen LogP contribution in [-0.2, 0) is 23.6 Å². The van der Waals surface area contributed by atoms with E-state index >= 15 is 0 Å². The summed E-state index contributed by atoms with van der Waals surface area (Å²) >= 11 is 5.83. The van der Waals surface area contributed by atoms with Crippen LogP contribution in [0.1, 0.15) is 23.1 Å². The van der Waals surface area contributed by atoms with E-state index in [-0.39, 0.29) is 6.10 Å². The van der Waals surface area contributed by atoms with E-state index in [0.717, 1.165) is 18.9 Å². The van der Waals surface area contributed by atoms with Crippen molar-refractivity contribution in [3.63, 3.8) is 0 Å². The van der Waals surface area contributed by atoms with Gasteiger partial charge in [0, 0.05) is 0 Å². The zero-order valence-electron chi connectivity index (χ0n) is 9.92. The molecule has 0 radical (unpaired) electrons. The van der Waals surface area contributed by atoms with Crippen LogP contribution in [0.2, 0.25) is 0 Å². The van der Waals surface area contributed by atoms with Crippen LogP contribution in [0, 0.1) is 0 Å². The summed E-state index contributed by atoms with van der Waals surface area (Å²) in [7, 11) is 0. The fourth-order valence-electron chi connectivity index (χ4n) is 2.33. The van der Waals surface area contributed by atoms with E-state index in [1.54, 1.807) is 0 Å². The van der Waals surface area contributed by atoms with Gasteiger partial charge in [-0.15, -0.1) is 11.6 Å². The molecular weight excluding hydrogens is 250 g/mol. The van der Waals surface area contributed by atoms with Crippen LogP contribution >= 0.6 is 11.6 Å². The third-order valence-corrected chi connectivity index (χ3v) is 3.49. The average Bonchev–Trinajstić information content (AvgIpc) is 2.86. The first-order valence-corrected chi connectivity index (χ1v) is 6.54. The summed E-state index contributed by atoms with van der Waals surface area (Å²) in [6.45, 7) is 1.42. The fourth-order valence-corrected chi connectivity index (χ4v) is 2.54. The molecule has 5 heteroatoms. The van der Waals surface area contributed by atoms with E-state index in [1.165, 1.54) is 17.5 Å². The molecule has 0 amide bonds. The maximum Gasteiger partial charge on any atom is 0.141 e. The summed E-state index contributed by atoms with van der Waals surface area (Å²) < 4.78 is 7.66. The summed E-state index contributed by atoms with van der Waals surface area (Å²) in [5, 5.41) is 4.20. The van der Waals surface area contributed by atoms with Gasteiger partial charge in [-0.3, -0.25) is 0 Å². The fraction of sp³-hybridized carbons (Fsp3) is 0.385. The minimum absolute atomic E-state index is 0.0404. The number of aromatic nitrogens is 3. The summed E-state index contributed by atoms with van der Waals surface area (Å²) in [5.74, 6) is 1.15. The second-order valence-corrected chi connectivity index (χ2v) is 4.57. The predicted octanol–water partition coefficient (Wildman–Crippen LogP) is 2.33. The maximum atomic E-state index is 5.85. The van der Waals surface area contributed by atoms with Gasteiger partial charge in [-0.2, -0.15) is 5.10 Å². The Bertz CT molecular complexity index is 541. The monoisotopic (exact) mass is 263 g/mol. The van der Waals surface area contributed by atoms with Gasteiger partial charge in [-0.05, 0) is 17.5 Å². The molecule has 1 aliphatic rings. The smallest absolute Gasteiger partial charge is 0.141 e. The molecule has 1 aliphatic heterocycles. The van der Waals surface area contributed by atoms with E-state index in [4.69, 9.17) is 16.3 Å². The molecule has 0 saturated heterocycles. The number of hydrogen-bond acceptors (Lipinski definition) is 3. The second kappa shape index (κ2) is 5.08. The highest BCUT2D eigenvalue weighted by molar-refractivity contribution is 6.16. The zero-order valence-corrected chi connectivity index (χ0v) is 10.7. The lowest BCUT2D eigenvalue weighted by Gasteiger charge is -2.26. The zero-order chi connectivity index (χ0) is 12.4. The van der Waals surface area contributed by atoms with Gasteiger partial charge in [0.2, 0.25) is 0 Å². The van der Waals surface area contributed by atoms with E-state index in [2.05, 4.69) is 28.3 Å². The lowest BCUT2D eigenvalue weighted by Crippen LogP contribution is -2.22. The van der Waals surface area contributed by atoms with Crippen molar-refractivity contribution in [2.45, 2.75) is 24.9 Å². The molecule has 2 heterocycles. The van der Waals surface area contributed by atoms with Crippen LogP contribution in [0.4, 0.5) is 0 Å². The third-order valence-electron chi connectivity index (χ3n) is 3.25. The Morgan fingerprint density at radius 2 is 2.28 bits per heavy atom. The van der Waals surface area contributed by atoms with Crippen LogP contribution in [0.15, 0.2) is 30.6 Å². The summed E-state index contributed by atoms with van der Waals surface area (Å²) in [5.41, 5.74) is 2.61. The van der Waals surface area contributed by atoms with Crippen LogP contribution in [0.25, 0.3) is 0 Å². The molecule has 4 nitrogen and oxygen atoms in total. The minimum Gasteiger partial charge on any atom is -0.371 e. The number of ether oxygens (including phenoxy) is 1. The van der Waals surface area contributed by atoms with Gasteiger partial charge in [-0.25, -0.2) is 9.67 Å². The van der Waals surface area contributed by atoms with Crippen molar-refractivity contribution in [2.24, 2.45) is 0 Å². The number of rotatable bonds is 3. The molecule has 3 rings (SSSR count). The first-order valence-electron chi connectivity index (χ1n) is 6.00. The van der Waals surface area contributed by atoms with Crippen LogP contribution in [0.5, 0.6) is 0 Å². The van der Waals surface area contributed by atoms with Gasteiger partial charge in [0.25, 0.3) is 0 Å². The van der Waals surface area contributed by atoms with Gasteiger partial charge < -0.3 is 4.74 Å². The molecule has 1 aromatic heterocycles. The maximum absolute atomic E-state index is 5.85. The largest absolute Gasteiger partial charge is 0.371 e. The molecule has 0 bridgehead atoms. The molecule has 0 fully saturated rings. The van der Waals surface area contributed by atoms with Crippen molar-refractivity contribution in [1.29, 1.82) is 0 Å². The molecular formula is C13H14ClN3O. The van der Waals surface area contributed by atoms with Crippen LogP contribution in [-0.4, -0.2) is 21.4 Å². The van der Waals surface area contributed by atoms with E-state index in [1.807, 2.05) is 10.7 Å². The van der Waals surface area contributed by atoms with E-state index in [0.29, 0.717) is 12.4 Å². The summed E-state index contributed by atoms with van der Waals surface area (Å²) in [6.07, 6.45) is 2.55. The molecule has 1 unspecified atom stereocenters. The predicted molar refractivity (Wildman–Crippen MR) is 68.4 cm³/mol. The molecule has 94 valence electrons. The van der Waals surface area contributed by atoms with Crippen molar-refractivity contribution in [3.8, 4) is 0 Å².